The maximum Gasteiger partial charge on any atom is 0.272 e. The Kier molecular flexibility index (Phi) is 4.03. The van der Waals surface area contributed by atoms with Crippen LogP contribution in [0.1, 0.15) is 20.9 Å². The Hall–Kier alpha value is -2.80. The van der Waals surface area contributed by atoms with Crippen LogP contribution in [-0.2, 0) is 6.54 Å². The molecule has 6 nitrogen and oxygen atoms in total. The van der Waals surface area contributed by atoms with Gasteiger partial charge in [0.1, 0.15) is 5.01 Å². The van der Waals surface area contributed by atoms with Crippen LogP contribution in [0.2, 0.25) is 0 Å². The first-order valence-corrected chi connectivity index (χ1v) is 7.74. The number of nitrogens with zero attached hydrogens (tertiary/aromatic N) is 2. The van der Waals surface area contributed by atoms with Crippen molar-refractivity contribution in [1.29, 1.82) is 0 Å². The molecule has 3 rings (SSSR count). The molecule has 0 saturated carbocycles. The average Bonchev–Trinajstić information content (AvgIpc) is 2.95. The highest BCUT2D eigenvalue weighted by molar-refractivity contribution is 7.18. The van der Waals surface area contributed by atoms with Crippen LogP contribution in [0, 0.1) is 17.0 Å². The van der Waals surface area contributed by atoms with Gasteiger partial charge in [0, 0.05) is 17.2 Å². The minimum absolute atomic E-state index is 0.00715. The van der Waals surface area contributed by atoms with E-state index in [-0.39, 0.29) is 11.6 Å². The van der Waals surface area contributed by atoms with Gasteiger partial charge < -0.3 is 5.32 Å². The summed E-state index contributed by atoms with van der Waals surface area (Å²) in [6, 6.07) is 12.1. The summed E-state index contributed by atoms with van der Waals surface area (Å²) in [4.78, 5) is 26.9. The van der Waals surface area contributed by atoms with Crippen molar-refractivity contribution in [3.63, 3.8) is 0 Å². The Bertz CT molecular complexity index is 871. The second kappa shape index (κ2) is 6.13. The van der Waals surface area contributed by atoms with Crippen LogP contribution in [0.5, 0.6) is 0 Å². The number of nitrogens with one attached hydrogen (secondary N) is 1. The number of amides is 1. The normalized spacial score (nSPS) is 10.7. The van der Waals surface area contributed by atoms with Crippen LogP contribution >= 0.6 is 11.3 Å². The highest BCUT2D eigenvalue weighted by Gasteiger charge is 2.14. The van der Waals surface area contributed by atoms with E-state index >= 15 is 0 Å². The molecule has 1 N–H and O–H groups in total. The molecule has 3 aromatic rings. The summed E-state index contributed by atoms with van der Waals surface area (Å²) in [7, 11) is 0. The number of fused-ring (bicyclic) bond motifs is 1. The van der Waals surface area contributed by atoms with Gasteiger partial charge in [-0.2, -0.15) is 0 Å². The van der Waals surface area contributed by atoms with Gasteiger partial charge in [0.05, 0.1) is 21.7 Å². The number of para-hydroxylation sites is 1. The predicted octanol–water partition coefficient (Wildman–Crippen LogP) is 3.44. The molecule has 2 aromatic carbocycles. The first-order valence-electron chi connectivity index (χ1n) is 6.92. The van der Waals surface area contributed by atoms with Crippen LogP contribution in [0.4, 0.5) is 5.69 Å². The van der Waals surface area contributed by atoms with Crippen LogP contribution in [-0.4, -0.2) is 15.8 Å². The molecular weight excluding hydrogens is 314 g/mol. The van der Waals surface area contributed by atoms with Crippen molar-refractivity contribution in [3.05, 3.63) is 68.7 Å². The number of benzene rings is 2. The Morgan fingerprint density at radius 2 is 2.09 bits per heavy atom. The molecule has 116 valence electrons. The van der Waals surface area contributed by atoms with Crippen molar-refractivity contribution in [3.8, 4) is 0 Å². The van der Waals surface area contributed by atoms with Gasteiger partial charge in [-0.3, -0.25) is 14.9 Å². The van der Waals surface area contributed by atoms with E-state index in [1.165, 1.54) is 29.5 Å². The van der Waals surface area contributed by atoms with E-state index in [9.17, 15) is 14.9 Å². The fourth-order valence-electron chi connectivity index (χ4n) is 2.26. The lowest BCUT2D eigenvalue weighted by molar-refractivity contribution is -0.385. The highest BCUT2D eigenvalue weighted by atomic mass is 32.1. The average molecular weight is 327 g/mol. The topological polar surface area (TPSA) is 85.1 Å². The van der Waals surface area contributed by atoms with Gasteiger partial charge in [-0.05, 0) is 31.2 Å². The zero-order valence-corrected chi connectivity index (χ0v) is 13.1. The Labute approximate surface area is 135 Å². The van der Waals surface area contributed by atoms with Crippen molar-refractivity contribution < 1.29 is 9.72 Å². The van der Waals surface area contributed by atoms with Crippen molar-refractivity contribution in [2.75, 3.05) is 0 Å². The summed E-state index contributed by atoms with van der Waals surface area (Å²) < 4.78 is 1.07. The quantitative estimate of drug-likeness (QED) is 0.587. The molecule has 1 amide bonds. The summed E-state index contributed by atoms with van der Waals surface area (Å²) in [5, 5.41) is 14.4. The molecule has 0 saturated heterocycles. The van der Waals surface area contributed by atoms with E-state index in [2.05, 4.69) is 10.3 Å². The smallest absolute Gasteiger partial charge is 0.272 e. The summed E-state index contributed by atoms with van der Waals surface area (Å²) >= 11 is 1.53. The number of thiazole rings is 1. The maximum absolute atomic E-state index is 12.2. The first-order chi connectivity index (χ1) is 11.0. The van der Waals surface area contributed by atoms with Gasteiger partial charge in [0.15, 0.2) is 0 Å². The second-order valence-electron chi connectivity index (χ2n) is 5.02. The van der Waals surface area contributed by atoms with Gasteiger partial charge in [-0.15, -0.1) is 11.3 Å². The van der Waals surface area contributed by atoms with E-state index in [1.807, 2.05) is 24.3 Å². The summed E-state index contributed by atoms with van der Waals surface area (Å²) in [6.07, 6.45) is 0. The van der Waals surface area contributed by atoms with Crippen LogP contribution in [0.15, 0.2) is 42.5 Å². The number of hydrogen-bond donors (Lipinski definition) is 1. The molecule has 0 atom stereocenters. The number of carbonyl (C=O) groups is 1. The molecule has 0 aliphatic heterocycles. The molecular formula is C16H13N3O3S. The monoisotopic (exact) mass is 327 g/mol. The second-order valence-corrected chi connectivity index (χ2v) is 6.13. The van der Waals surface area contributed by atoms with Gasteiger partial charge in [-0.25, -0.2) is 4.98 Å². The van der Waals surface area contributed by atoms with Crippen molar-refractivity contribution in [2.45, 2.75) is 13.5 Å². The lowest BCUT2D eigenvalue weighted by Gasteiger charge is -2.04. The molecule has 1 heterocycles. The molecule has 0 aliphatic carbocycles. The van der Waals surface area contributed by atoms with Crippen molar-refractivity contribution >= 4 is 33.1 Å². The van der Waals surface area contributed by atoms with Crippen molar-refractivity contribution in [1.82, 2.24) is 10.3 Å². The zero-order chi connectivity index (χ0) is 16.4. The number of aromatic nitrogens is 1. The number of carbonyl (C=O) groups excluding carboxylic acids is 1. The molecule has 0 bridgehead atoms. The first kappa shape index (κ1) is 15.1. The zero-order valence-electron chi connectivity index (χ0n) is 12.3. The van der Waals surface area contributed by atoms with Gasteiger partial charge in [-0.1, -0.05) is 12.1 Å². The predicted molar refractivity (Wildman–Crippen MR) is 88.6 cm³/mol. The fourth-order valence-corrected chi connectivity index (χ4v) is 3.16. The summed E-state index contributed by atoms with van der Waals surface area (Å²) in [6.45, 7) is 1.94. The van der Waals surface area contributed by atoms with Gasteiger partial charge >= 0.3 is 0 Å². The largest absolute Gasteiger partial charge is 0.346 e. The molecule has 1 aromatic heterocycles. The number of nitro benzene ring substituents is 1. The molecule has 0 spiro atoms. The van der Waals surface area contributed by atoms with Gasteiger partial charge in [0.2, 0.25) is 0 Å². The van der Waals surface area contributed by atoms with Gasteiger partial charge in [0.25, 0.3) is 11.6 Å². The van der Waals surface area contributed by atoms with Crippen LogP contribution < -0.4 is 5.32 Å². The SMILES string of the molecule is Cc1cc(C(=O)NCc2nc3ccccc3s2)ccc1[N+](=O)[O-]. The third kappa shape index (κ3) is 3.19. The molecule has 23 heavy (non-hydrogen) atoms. The lowest BCUT2D eigenvalue weighted by Crippen LogP contribution is -2.22. The molecule has 0 radical (unpaired) electrons. The van der Waals surface area contributed by atoms with E-state index in [0.717, 1.165) is 15.2 Å². The van der Waals surface area contributed by atoms with E-state index in [0.29, 0.717) is 17.7 Å². The number of nitro groups is 1. The van der Waals surface area contributed by atoms with Crippen LogP contribution in [0.25, 0.3) is 10.2 Å². The number of aryl methyl sites for hydroxylation is 1. The Morgan fingerprint density at radius 1 is 1.30 bits per heavy atom. The standard InChI is InChI=1S/C16H13N3O3S/c1-10-8-11(6-7-13(10)19(21)22)16(20)17-9-15-18-12-4-2-3-5-14(12)23-15/h2-8H,9H2,1H3,(H,17,20). The summed E-state index contributed by atoms with van der Waals surface area (Å²) in [5.41, 5.74) is 1.78. The van der Waals surface area contributed by atoms with E-state index in [4.69, 9.17) is 0 Å². The molecule has 0 aliphatic rings. The molecule has 7 heteroatoms. The summed E-state index contributed by atoms with van der Waals surface area (Å²) in [5.74, 6) is -0.276. The number of rotatable bonds is 4. The Morgan fingerprint density at radius 3 is 2.78 bits per heavy atom. The van der Waals surface area contributed by atoms with E-state index < -0.39 is 4.92 Å². The highest BCUT2D eigenvalue weighted by Crippen LogP contribution is 2.22. The third-order valence-electron chi connectivity index (χ3n) is 3.39. The third-order valence-corrected chi connectivity index (χ3v) is 4.43. The molecule has 0 fully saturated rings. The number of hydrogen-bond acceptors (Lipinski definition) is 5. The maximum atomic E-state index is 12.2. The lowest BCUT2D eigenvalue weighted by atomic mass is 10.1. The minimum atomic E-state index is -0.460. The molecule has 0 unspecified atom stereocenters. The van der Waals surface area contributed by atoms with Crippen LogP contribution in [0.3, 0.4) is 0 Å². The fraction of sp³-hybridized carbons (Fsp3) is 0.125. The minimum Gasteiger partial charge on any atom is -0.346 e. The Balaban J connectivity index is 1.71. The van der Waals surface area contributed by atoms with Crippen molar-refractivity contribution in [2.24, 2.45) is 0 Å². The van der Waals surface area contributed by atoms with E-state index in [1.54, 1.807) is 6.92 Å².